The molecule has 2 rings (SSSR count). The Balaban J connectivity index is 1.54. The highest BCUT2D eigenvalue weighted by Crippen LogP contribution is 2.19. The molecule has 1 fully saturated rings. The van der Waals surface area contributed by atoms with Gasteiger partial charge in [-0.05, 0) is 37.2 Å². The number of amides is 1. The van der Waals surface area contributed by atoms with Crippen molar-refractivity contribution in [1.29, 1.82) is 0 Å². The second-order valence-corrected chi connectivity index (χ2v) is 6.39. The third-order valence-corrected chi connectivity index (χ3v) is 4.52. The maximum atomic E-state index is 11.7. The number of hydrogen-bond acceptors (Lipinski definition) is 4. The summed E-state index contributed by atoms with van der Waals surface area (Å²) in [7, 11) is 0. The van der Waals surface area contributed by atoms with Gasteiger partial charge in [0.05, 0.1) is 19.0 Å². The number of benzene rings is 1. The summed E-state index contributed by atoms with van der Waals surface area (Å²) in [6, 6.07) is 7.53. The minimum absolute atomic E-state index is 0.0805. The van der Waals surface area contributed by atoms with E-state index in [1.807, 2.05) is 24.3 Å². The summed E-state index contributed by atoms with van der Waals surface area (Å²) in [5.74, 6) is 0.524. The van der Waals surface area contributed by atoms with Crippen LogP contribution in [0.5, 0.6) is 0 Å². The Bertz CT molecular complexity index is 436. The average molecular weight is 329 g/mol. The van der Waals surface area contributed by atoms with Gasteiger partial charge in [0.2, 0.25) is 5.91 Å². The maximum absolute atomic E-state index is 11.7. The zero-order chi connectivity index (χ0) is 14.9. The smallest absolute Gasteiger partial charge is 0.230 e. The first kappa shape index (κ1) is 16.6. The summed E-state index contributed by atoms with van der Waals surface area (Å²) in [5, 5.41) is 3.67. The quantitative estimate of drug-likeness (QED) is 0.616. The summed E-state index contributed by atoms with van der Waals surface area (Å²) >= 11 is 7.35. The fraction of sp³-hybridized carbons (Fsp3) is 0.533. The average Bonchev–Trinajstić information content (AvgIpc) is 2.52. The Morgan fingerprint density at radius 1 is 1.29 bits per heavy atom. The molecule has 1 amide bonds. The van der Waals surface area contributed by atoms with Crippen LogP contribution in [0.3, 0.4) is 0 Å². The first-order chi connectivity index (χ1) is 10.2. The molecule has 1 heterocycles. The van der Waals surface area contributed by atoms with E-state index in [2.05, 4.69) is 10.2 Å². The normalized spacial score (nSPS) is 15.9. The number of morpholine rings is 1. The van der Waals surface area contributed by atoms with Crippen LogP contribution in [0.2, 0.25) is 5.02 Å². The van der Waals surface area contributed by atoms with E-state index >= 15 is 0 Å². The van der Waals surface area contributed by atoms with Gasteiger partial charge < -0.3 is 10.1 Å². The fourth-order valence-electron chi connectivity index (χ4n) is 2.09. The Morgan fingerprint density at radius 3 is 2.71 bits per heavy atom. The van der Waals surface area contributed by atoms with E-state index in [1.54, 1.807) is 0 Å². The van der Waals surface area contributed by atoms with Crippen LogP contribution < -0.4 is 5.32 Å². The lowest BCUT2D eigenvalue weighted by Gasteiger charge is -2.26. The molecule has 116 valence electrons. The van der Waals surface area contributed by atoms with Crippen LogP contribution in [0.1, 0.15) is 6.42 Å². The highest BCUT2D eigenvalue weighted by molar-refractivity contribution is 8.00. The first-order valence-electron chi connectivity index (χ1n) is 7.19. The van der Waals surface area contributed by atoms with Crippen LogP contribution in [0.25, 0.3) is 0 Å². The predicted molar refractivity (Wildman–Crippen MR) is 87.1 cm³/mol. The molecular weight excluding hydrogens is 308 g/mol. The molecule has 6 heteroatoms. The van der Waals surface area contributed by atoms with Crippen molar-refractivity contribution in [1.82, 2.24) is 10.2 Å². The van der Waals surface area contributed by atoms with E-state index in [0.29, 0.717) is 10.8 Å². The Labute approximate surface area is 135 Å². The van der Waals surface area contributed by atoms with E-state index in [9.17, 15) is 4.79 Å². The lowest BCUT2D eigenvalue weighted by molar-refractivity contribution is -0.118. The van der Waals surface area contributed by atoms with Gasteiger partial charge >= 0.3 is 0 Å². The van der Waals surface area contributed by atoms with Crippen molar-refractivity contribution >= 4 is 29.3 Å². The highest BCUT2D eigenvalue weighted by Gasteiger charge is 2.09. The van der Waals surface area contributed by atoms with Crippen LogP contribution in [0.4, 0.5) is 0 Å². The minimum Gasteiger partial charge on any atom is -0.379 e. The van der Waals surface area contributed by atoms with Crippen molar-refractivity contribution < 1.29 is 9.53 Å². The maximum Gasteiger partial charge on any atom is 0.230 e. The summed E-state index contributed by atoms with van der Waals surface area (Å²) in [6.07, 6.45) is 0.983. The van der Waals surface area contributed by atoms with Gasteiger partial charge in [0.15, 0.2) is 0 Å². The summed E-state index contributed by atoms with van der Waals surface area (Å²) < 4.78 is 5.30. The number of carbonyl (C=O) groups is 1. The summed E-state index contributed by atoms with van der Waals surface area (Å²) in [4.78, 5) is 15.2. The van der Waals surface area contributed by atoms with Crippen molar-refractivity contribution in [3.05, 3.63) is 29.3 Å². The lowest BCUT2D eigenvalue weighted by atomic mass is 10.3. The third-order valence-electron chi connectivity index (χ3n) is 3.26. The summed E-state index contributed by atoms with van der Waals surface area (Å²) in [6.45, 7) is 5.40. The number of nitrogens with one attached hydrogen (secondary N) is 1. The van der Waals surface area contributed by atoms with Gasteiger partial charge in [-0.15, -0.1) is 11.8 Å². The molecule has 4 nitrogen and oxygen atoms in total. The second kappa shape index (κ2) is 9.30. The van der Waals surface area contributed by atoms with Crippen molar-refractivity contribution in [3.8, 4) is 0 Å². The standard InChI is InChI=1S/C15H21ClN2O2S/c16-13-2-4-14(5-3-13)21-12-15(19)17-6-1-7-18-8-10-20-11-9-18/h2-5H,1,6-12H2,(H,17,19). The predicted octanol–water partition coefficient (Wildman–Crippen LogP) is 2.27. The Morgan fingerprint density at radius 2 is 2.00 bits per heavy atom. The Kier molecular flexibility index (Phi) is 7.36. The largest absolute Gasteiger partial charge is 0.379 e. The molecule has 0 spiro atoms. The minimum atomic E-state index is 0.0805. The monoisotopic (exact) mass is 328 g/mol. The van der Waals surface area contributed by atoms with Crippen molar-refractivity contribution in [2.45, 2.75) is 11.3 Å². The molecule has 0 saturated carbocycles. The van der Waals surface area contributed by atoms with Gasteiger partial charge in [-0.1, -0.05) is 11.6 Å². The SMILES string of the molecule is O=C(CSc1ccc(Cl)cc1)NCCCN1CCOCC1. The van der Waals surface area contributed by atoms with Crippen molar-refractivity contribution in [2.75, 3.05) is 45.1 Å². The molecule has 1 aromatic rings. The molecule has 1 aliphatic heterocycles. The van der Waals surface area contributed by atoms with Gasteiger partial charge in [0.25, 0.3) is 0 Å². The highest BCUT2D eigenvalue weighted by atomic mass is 35.5. The number of halogens is 1. The van der Waals surface area contributed by atoms with Crippen molar-refractivity contribution in [2.24, 2.45) is 0 Å². The number of hydrogen-bond donors (Lipinski definition) is 1. The van der Waals surface area contributed by atoms with Crippen LogP contribution in [0, 0.1) is 0 Å². The molecule has 0 aromatic heterocycles. The molecule has 0 unspecified atom stereocenters. The first-order valence-corrected chi connectivity index (χ1v) is 8.55. The molecule has 0 radical (unpaired) electrons. The Hall–Kier alpha value is -0.750. The zero-order valence-corrected chi connectivity index (χ0v) is 13.6. The van der Waals surface area contributed by atoms with Gasteiger partial charge in [-0.3, -0.25) is 9.69 Å². The molecule has 1 aromatic carbocycles. The van der Waals surface area contributed by atoms with Gasteiger partial charge in [-0.25, -0.2) is 0 Å². The molecule has 1 saturated heterocycles. The van der Waals surface area contributed by atoms with Crippen LogP contribution in [-0.2, 0) is 9.53 Å². The van der Waals surface area contributed by atoms with E-state index in [1.165, 1.54) is 11.8 Å². The zero-order valence-electron chi connectivity index (χ0n) is 12.0. The van der Waals surface area contributed by atoms with Gasteiger partial charge in [0, 0.05) is 29.6 Å². The van der Waals surface area contributed by atoms with Crippen LogP contribution in [0.15, 0.2) is 29.2 Å². The van der Waals surface area contributed by atoms with Crippen LogP contribution >= 0.6 is 23.4 Å². The van der Waals surface area contributed by atoms with Gasteiger partial charge in [0.1, 0.15) is 0 Å². The number of nitrogens with zero attached hydrogens (tertiary/aromatic N) is 1. The molecule has 21 heavy (non-hydrogen) atoms. The number of carbonyl (C=O) groups excluding carboxylic acids is 1. The second-order valence-electron chi connectivity index (χ2n) is 4.90. The molecular formula is C15H21ClN2O2S. The lowest BCUT2D eigenvalue weighted by Crippen LogP contribution is -2.38. The topological polar surface area (TPSA) is 41.6 Å². The van der Waals surface area contributed by atoms with E-state index in [4.69, 9.17) is 16.3 Å². The van der Waals surface area contributed by atoms with Crippen LogP contribution in [-0.4, -0.2) is 56.0 Å². The fourth-order valence-corrected chi connectivity index (χ4v) is 2.94. The molecule has 0 bridgehead atoms. The van der Waals surface area contributed by atoms with E-state index in [0.717, 1.165) is 50.7 Å². The third kappa shape index (κ3) is 6.70. The number of rotatable bonds is 7. The number of ether oxygens (including phenoxy) is 1. The molecule has 1 aliphatic rings. The van der Waals surface area contributed by atoms with E-state index < -0.39 is 0 Å². The molecule has 0 aliphatic carbocycles. The van der Waals surface area contributed by atoms with Gasteiger partial charge in [-0.2, -0.15) is 0 Å². The number of thioether (sulfide) groups is 1. The van der Waals surface area contributed by atoms with E-state index in [-0.39, 0.29) is 5.91 Å². The molecule has 1 N–H and O–H groups in total. The van der Waals surface area contributed by atoms with Crippen molar-refractivity contribution in [3.63, 3.8) is 0 Å². The summed E-state index contributed by atoms with van der Waals surface area (Å²) in [5.41, 5.74) is 0. The molecule has 0 atom stereocenters.